The van der Waals surface area contributed by atoms with Crippen molar-refractivity contribution in [3.05, 3.63) is 51.7 Å². The summed E-state index contributed by atoms with van der Waals surface area (Å²) in [7, 11) is 0. The maximum atomic E-state index is 13.0. The Morgan fingerprint density at radius 2 is 1.96 bits per heavy atom. The molecule has 27 heavy (non-hydrogen) atoms. The SMILES string of the molecule is CC(=O)NCCc1csc(C2CCN(C(=O)Cc3ccc(F)cc3)CC2)n1. The molecule has 0 unspecified atom stereocenters. The number of hydrogen-bond donors (Lipinski definition) is 1. The molecule has 0 saturated carbocycles. The number of hydrogen-bond acceptors (Lipinski definition) is 4. The highest BCUT2D eigenvalue weighted by molar-refractivity contribution is 7.09. The first-order chi connectivity index (χ1) is 13.0. The Morgan fingerprint density at radius 3 is 2.63 bits per heavy atom. The van der Waals surface area contributed by atoms with Crippen molar-refractivity contribution in [3.8, 4) is 0 Å². The van der Waals surface area contributed by atoms with Crippen LogP contribution in [0.15, 0.2) is 29.6 Å². The molecule has 1 aromatic carbocycles. The van der Waals surface area contributed by atoms with Crippen LogP contribution in [-0.4, -0.2) is 41.3 Å². The van der Waals surface area contributed by atoms with Gasteiger partial charge in [0, 0.05) is 44.3 Å². The van der Waals surface area contributed by atoms with Crippen LogP contribution in [0.25, 0.3) is 0 Å². The minimum atomic E-state index is -0.285. The smallest absolute Gasteiger partial charge is 0.226 e. The number of nitrogens with one attached hydrogen (secondary N) is 1. The molecule has 7 heteroatoms. The largest absolute Gasteiger partial charge is 0.356 e. The zero-order valence-corrected chi connectivity index (χ0v) is 16.2. The Morgan fingerprint density at radius 1 is 1.26 bits per heavy atom. The Balaban J connectivity index is 1.47. The fourth-order valence-corrected chi connectivity index (χ4v) is 4.28. The minimum Gasteiger partial charge on any atom is -0.356 e. The van der Waals surface area contributed by atoms with Crippen molar-refractivity contribution >= 4 is 23.2 Å². The second-order valence-electron chi connectivity index (χ2n) is 6.87. The highest BCUT2D eigenvalue weighted by Crippen LogP contribution is 2.30. The summed E-state index contributed by atoms with van der Waals surface area (Å²) in [6.45, 7) is 3.57. The van der Waals surface area contributed by atoms with Crippen molar-refractivity contribution in [1.29, 1.82) is 0 Å². The van der Waals surface area contributed by atoms with Crippen LogP contribution in [0.2, 0.25) is 0 Å². The normalized spacial score (nSPS) is 15.0. The van der Waals surface area contributed by atoms with Crippen LogP contribution >= 0.6 is 11.3 Å². The number of halogens is 1. The van der Waals surface area contributed by atoms with E-state index in [-0.39, 0.29) is 17.6 Å². The third kappa shape index (κ3) is 5.60. The molecule has 0 radical (unpaired) electrons. The Kier molecular flexibility index (Phi) is 6.55. The van der Waals surface area contributed by atoms with Gasteiger partial charge in [-0.15, -0.1) is 11.3 Å². The number of nitrogens with zero attached hydrogens (tertiary/aromatic N) is 2. The predicted molar refractivity (Wildman–Crippen MR) is 103 cm³/mol. The number of thiazole rings is 1. The van der Waals surface area contributed by atoms with Crippen molar-refractivity contribution in [2.45, 2.75) is 38.5 Å². The lowest BCUT2D eigenvalue weighted by atomic mass is 9.97. The molecule has 1 aliphatic heterocycles. The summed E-state index contributed by atoms with van der Waals surface area (Å²) in [5.41, 5.74) is 1.85. The third-order valence-corrected chi connectivity index (χ3v) is 5.85. The Hall–Kier alpha value is -2.28. The van der Waals surface area contributed by atoms with E-state index in [9.17, 15) is 14.0 Å². The van der Waals surface area contributed by atoms with E-state index < -0.39 is 0 Å². The number of aromatic nitrogens is 1. The van der Waals surface area contributed by atoms with E-state index in [1.807, 2.05) is 4.90 Å². The van der Waals surface area contributed by atoms with Gasteiger partial charge in [0.25, 0.3) is 0 Å². The van der Waals surface area contributed by atoms with Crippen LogP contribution < -0.4 is 5.32 Å². The molecule has 1 saturated heterocycles. The minimum absolute atomic E-state index is 0.0249. The number of rotatable bonds is 6. The monoisotopic (exact) mass is 389 g/mol. The molecule has 5 nitrogen and oxygen atoms in total. The number of benzene rings is 1. The van der Waals surface area contributed by atoms with Crippen molar-refractivity contribution in [3.63, 3.8) is 0 Å². The molecule has 2 amide bonds. The number of amides is 2. The molecule has 2 heterocycles. The van der Waals surface area contributed by atoms with Gasteiger partial charge in [-0.25, -0.2) is 9.37 Å². The van der Waals surface area contributed by atoms with Crippen LogP contribution in [0.4, 0.5) is 4.39 Å². The molecule has 0 spiro atoms. The van der Waals surface area contributed by atoms with E-state index in [2.05, 4.69) is 10.7 Å². The third-order valence-electron chi connectivity index (χ3n) is 4.79. The highest BCUT2D eigenvalue weighted by atomic mass is 32.1. The summed E-state index contributed by atoms with van der Waals surface area (Å²) in [6, 6.07) is 6.11. The molecule has 1 fully saturated rings. The van der Waals surface area contributed by atoms with Gasteiger partial charge in [-0.2, -0.15) is 0 Å². The molecule has 0 bridgehead atoms. The van der Waals surface area contributed by atoms with E-state index >= 15 is 0 Å². The summed E-state index contributed by atoms with van der Waals surface area (Å²) in [4.78, 5) is 30.0. The van der Waals surface area contributed by atoms with Crippen molar-refractivity contribution in [2.24, 2.45) is 0 Å². The highest BCUT2D eigenvalue weighted by Gasteiger charge is 2.25. The van der Waals surface area contributed by atoms with Crippen molar-refractivity contribution in [1.82, 2.24) is 15.2 Å². The van der Waals surface area contributed by atoms with Gasteiger partial charge in [-0.1, -0.05) is 12.1 Å². The van der Waals surface area contributed by atoms with Gasteiger partial charge >= 0.3 is 0 Å². The van der Waals surface area contributed by atoms with Gasteiger partial charge in [0.2, 0.25) is 11.8 Å². The van der Waals surface area contributed by atoms with Gasteiger partial charge in [-0.3, -0.25) is 9.59 Å². The molecule has 0 aliphatic carbocycles. The first-order valence-corrected chi connectivity index (χ1v) is 10.1. The van der Waals surface area contributed by atoms with E-state index in [4.69, 9.17) is 4.98 Å². The van der Waals surface area contributed by atoms with Crippen LogP contribution in [-0.2, 0) is 22.4 Å². The fourth-order valence-electron chi connectivity index (χ4n) is 3.26. The van der Waals surface area contributed by atoms with E-state index in [0.717, 1.165) is 48.6 Å². The topological polar surface area (TPSA) is 62.3 Å². The average molecular weight is 389 g/mol. The zero-order chi connectivity index (χ0) is 19.2. The molecular weight excluding hydrogens is 365 g/mol. The predicted octanol–water partition coefficient (Wildman–Crippen LogP) is 2.91. The Bertz CT molecular complexity index is 783. The maximum Gasteiger partial charge on any atom is 0.226 e. The first-order valence-electron chi connectivity index (χ1n) is 9.22. The van der Waals surface area contributed by atoms with Crippen LogP contribution in [0.3, 0.4) is 0 Å². The first kappa shape index (κ1) is 19.5. The maximum absolute atomic E-state index is 13.0. The van der Waals surface area contributed by atoms with Crippen molar-refractivity contribution < 1.29 is 14.0 Å². The lowest BCUT2D eigenvalue weighted by Crippen LogP contribution is -2.38. The number of carbonyl (C=O) groups is 2. The lowest BCUT2D eigenvalue weighted by Gasteiger charge is -2.31. The van der Waals surface area contributed by atoms with Crippen LogP contribution in [0.1, 0.15) is 41.9 Å². The van der Waals surface area contributed by atoms with Gasteiger partial charge in [0.1, 0.15) is 5.82 Å². The average Bonchev–Trinajstić information content (AvgIpc) is 3.12. The van der Waals surface area contributed by atoms with Crippen LogP contribution in [0.5, 0.6) is 0 Å². The molecule has 2 aromatic rings. The summed E-state index contributed by atoms with van der Waals surface area (Å²) >= 11 is 1.67. The summed E-state index contributed by atoms with van der Waals surface area (Å²) in [5, 5.41) is 5.97. The standard InChI is InChI=1S/C20H24FN3O2S/c1-14(25)22-9-6-18-13-27-20(23-18)16-7-10-24(11-8-16)19(26)12-15-2-4-17(21)5-3-15/h2-5,13,16H,6-12H2,1H3,(H,22,25). The van der Waals surface area contributed by atoms with Gasteiger partial charge in [-0.05, 0) is 30.5 Å². The number of likely N-dealkylation sites (tertiary alicyclic amines) is 1. The zero-order valence-electron chi connectivity index (χ0n) is 15.4. The summed E-state index contributed by atoms with van der Waals surface area (Å²) in [6.07, 6.45) is 2.88. The lowest BCUT2D eigenvalue weighted by molar-refractivity contribution is -0.131. The summed E-state index contributed by atoms with van der Waals surface area (Å²) < 4.78 is 13.0. The molecule has 0 atom stereocenters. The molecule has 1 aliphatic rings. The summed E-state index contributed by atoms with van der Waals surface area (Å²) in [5.74, 6) is 0.171. The van der Waals surface area contributed by atoms with E-state index in [1.165, 1.54) is 19.1 Å². The van der Waals surface area contributed by atoms with Gasteiger partial charge in [0.05, 0.1) is 17.1 Å². The molecular formula is C20H24FN3O2S. The number of carbonyl (C=O) groups excluding carboxylic acids is 2. The molecule has 1 aromatic heterocycles. The second kappa shape index (κ2) is 9.08. The second-order valence-corrected chi connectivity index (χ2v) is 7.76. The van der Waals surface area contributed by atoms with Crippen LogP contribution in [0, 0.1) is 5.82 Å². The van der Waals surface area contributed by atoms with Gasteiger partial charge in [0.15, 0.2) is 0 Å². The van der Waals surface area contributed by atoms with Crippen molar-refractivity contribution in [2.75, 3.05) is 19.6 Å². The van der Waals surface area contributed by atoms with E-state index in [1.54, 1.807) is 23.5 Å². The Labute approximate surface area is 162 Å². The fraction of sp³-hybridized carbons (Fsp3) is 0.450. The molecule has 144 valence electrons. The van der Waals surface area contributed by atoms with Gasteiger partial charge < -0.3 is 10.2 Å². The molecule has 3 rings (SSSR count). The van der Waals surface area contributed by atoms with E-state index in [0.29, 0.717) is 18.9 Å². The quantitative estimate of drug-likeness (QED) is 0.826. The molecule has 1 N–H and O–H groups in total. The number of piperidine rings is 1.